The summed E-state index contributed by atoms with van der Waals surface area (Å²) in [6.07, 6.45) is 13.1. The zero-order valence-electron chi connectivity index (χ0n) is 47.3. The third-order valence-corrected chi connectivity index (χ3v) is 18.9. The number of nitrogens with zero attached hydrogens (tertiary/aromatic N) is 9. The summed E-state index contributed by atoms with van der Waals surface area (Å²) in [4.78, 5) is 48.2. The van der Waals surface area contributed by atoms with Crippen LogP contribution in [0.1, 0.15) is 77.2 Å². The second-order valence-electron chi connectivity index (χ2n) is 20.4. The number of aryl methyl sites for hydroxylation is 3. The molecule has 0 spiro atoms. The number of hydrogen-bond donors (Lipinski definition) is 1. The Kier molecular flexibility index (Phi) is 18.6. The van der Waals surface area contributed by atoms with Gasteiger partial charge >= 0.3 is 0 Å². The van der Waals surface area contributed by atoms with Gasteiger partial charge in [0.05, 0.1) is 31.2 Å². The van der Waals surface area contributed by atoms with Crippen LogP contribution in [0, 0.1) is 20.8 Å². The number of thioether (sulfide) groups is 2. The minimum absolute atomic E-state index is 0.114. The lowest BCUT2D eigenvalue weighted by molar-refractivity contribution is 0.0816. The molecule has 83 heavy (non-hydrogen) atoms. The van der Waals surface area contributed by atoms with Crippen molar-refractivity contribution in [3.63, 3.8) is 0 Å². The van der Waals surface area contributed by atoms with E-state index in [1.807, 2.05) is 18.3 Å². The van der Waals surface area contributed by atoms with Crippen LogP contribution in [0.15, 0.2) is 161 Å². The van der Waals surface area contributed by atoms with Crippen molar-refractivity contribution in [2.75, 3.05) is 41.0 Å². The number of rotatable bonds is 12. The smallest absolute Gasteiger partial charge is 0.275 e. The van der Waals surface area contributed by atoms with Crippen molar-refractivity contribution in [1.82, 2.24) is 50.7 Å². The highest BCUT2D eigenvalue weighted by Gasteiger charge is 2.24. The van der Waals surface area contributed by atoms with Gasteiger partial charge in [-0.15, -0.1) is 72.8 Å². The molecule has 3 aromatic carbocycles. The first kappa shape index (κ1) is 58.2. The Hall–Kier alpha value is -8.00. The summed E-state index contributed by atoms with van der Waals surface area (Å²) in [6.45, 7) is 6.23. The van der Waals surface area contributed by atoms with Gasteiger partial charge in [0.1, 0.15) is 0 Å². The van der Waals surface area contributed by atoms with Crippen LogP contribution in [-0.4, -0.2) is 104 Å². The fourth-order valence-corrected chi connectivity index (χ4v) is 14.0. The lowest BCUT2D eigenvalue weighted by atomic mass is 10.0. The Morgan fingerprint density at radius 2 is 1.02 bits per heavy atom. The fraction of sp³-hybridized carbons (Fsp3) is 0.200. The number of hydrogen-bond acceptors (Lipinski definition) is 15. The van der Waals surface area contributed by atoms with E-state index in [4.69, 9.17) is 0 Å². The van der Waals surface area contributed by atoms with Crippen LogP contribution in [0.25, 0.3) is 61.6 Å². The van der Waals surface area contributed by atoms with E-state index >= 15 is 0 Å². The molecule has 3 amide bonds. The van der Waals surface area contributed by atoms with Crippen LogP contribution in [0.3, 0.4) is 0 Å². The molecule has 418 valence electrons. The molecule has 2 aliphatic heterocycles. The maximum atomic E-state index is 12.7. The molecule has 1 N–H and O–H groups in total. The van der Waals surface area contributed by atoms with Crippen LogP contribution < -0.4 is 5.32 Å². The van der Waals surface area contributed by atoms with Crippen molar-refractivity contribution in [2.24, 2.45) is 0 Å². The first-order chi connectivity index (χ1) is 40.2. The van der Waals surface area contributed by atoms with Gasteiger partial charge in [-0.3, -0.25) is 19.4 Å². The number of amides is 3. The molecule has 0 fully saturated rings. The lowest BCUT2D eigenvalue weighted by Crippen LogP contribution is -2.23. The zero-order chi connectivity index (χ0) is 58.1. The monoisotopic (exact) mass is 1190 g/mol. The molecule has 2 aliphatic rings. The highest BCUT2D eigenvalue weighted by Crippen LogP contribution is 2.40. The molecule has 10 aromatic rings. The van der Waals surface area contributed by atoms with Crippen molar-refractivity contribution in [2.45, 2.75) is 46.5 Å². The second kappa shape index (κ2) is 26.5. The Labute approximate surface area is 503 Å². The maximum Gasteiger partial charge on any atom is 0.275 e. The molecular formula is C65H60N10O3S5. The van der Waals surface area contributed by atoms with Crippen LogP contribution in [0.5, 0.6) is 0 Å². The van der Waals surface area contributed by atoms with E-state index in [2.05, 4.69) is 187 Å². The summed E-state index contributed by atoms with van der Waals surface area (Å²) in [5.41, 5.74) is 14.6. The zero-order valence-corrected chi connectivity index (χ0v) is 51.3. The molecule has 7 aromatic heterocycles. The Bertz CT molecular complexity index is 4140. The molecule has 0 radical (unpaired) electrons. The molecule has 0 unspecified atom stereocenters. The molecule has 13 nitrogen and oxygen atoms in total. The molecule has 12 rings (SSSR count). The van der Waals surface area contributed by atoms with Gasteiger partial charge in [0, 0.05) is 103 Å². The first-order valence-electron chi connectivity index (χ1n) is 26.8. The number of carbonyl (C=O) groups excluding carboxylic acids is 3. The van der Waals surface area contributed by atoms with E-state index in [1.165, 1.54) is 32.7 Å². The van der Waals surface area contributed by atoms with Crippen molar-refractivity contribution in [3.05, 3.63) is 218 Å². The number of allylic oxidation sites excluding steroid dienone is 4. The largest absolute Gasteiger partial charge is 0.354 e. The predicted molar refractivity (Wildman–Crippen MR) is 346 cm³/mol. The van der Waals surface area contributed by atoms with Gasteiger partial charge in [-0.2, -0.15) is 15.3 Å². The van der Waals surface area contributed by atoms with Gasteiger partial charge in [-0.25, -0.2) is 0 Å². The van der Waals surface area contributed by atoms with Gasteiger partial charge in [0.15, 0.2) is 17.1 Å². The van der Waals surface area contributed by atoms with Gasteiger partial charge in [0.25, 0.3) is 17.7 Å². The van der Waals surface area contributed by atoms with Gasteiger partial charge in [0.2, 0.25) is 0 Å². The number of thiophene rings is 3. The third kappa shape index (κ3) is 13.8. The average molecular weight is 1190 g/mol. The fourth-order valence-electron chi connectivity index (χ4n) is 9.12. The summed E-state index contributed by atoms with van der Waals surface area (Å²) in [7, 11) is 8.57. The number of fused-ring (bicyclic) bond motifs is 3. The van der Waals surface area contributed by atoms with Crippen molar-refractivity contribution >= 4 is 106 Å². The Morgan fingerprint density at radius 3 is 1.45 bits per heavy atom. The van der Waals surface area contributed by atoms with Crippen molar-refractivity contribution in [1.29, 1.82) is 0 Å². The predicted octanol–water partition coefficient (Wildman–Crippen LogP) is 14.6. The van der Waals surface area contributed by atoms with Gasteiger partial charge in [-0.05, 0) is 95.5 Å². The molecule has 0 atom stereocenters. The van der Waals surface area contributed by atoms with E-state index < -0.39 is 0 Å². The Morgan fingerprint density at radius 1 is 0.554 bits per heavy atom. The summed E-state index contributed by atoms with van der Waals surface area (Å²) in [6, 6.07) is 35.7. The summed E-state index contributed by atoms with van der Waals surface area (Å²) in [5.74, 6) is 0.555. The van der Waals surface area contributed by atoms with Gasteiger partial charge < -0.3 is 15.1 Å². The van der Waals surface area contributed by atoms with Crippen LogP contribution in [0.4, 0.5) is 0 Å². The number of pyridine rings is 1. The van der Waals surface area contributed by atoms with E-state index in [9.17, 15) is 14.4 Å². The lowest BCUT2D eigenvalue weighted by Gasteiger charge is -2.12. The highest BCUT2D eigenvalue weighted by atomic mass is 32.2. The van der Waals surface area contributed by atoms with E-state index in [0.29, 0.717) is 29.9 Å². The molecule has 0 saturated heterocycles. The van der Waals surface area contributed by atoms with Crippen LogP contribution >= 0.6 is 57.5 Å². The topological polar surface area (TPSA) is 160 Å². The summed E-state index contributed by atoms with van der Waals surface area (Å²) >= 11 is 8.28. The Balaban J connectivity index is 0.000000139. The molecule has 0 saturated carbocycles. The molecular weight excluding hydrogens is 1130 g/mol. The number of benzene rings is 3. The molecule has 0 bridgehead atoms. The standard InChI is InChI=1S/C22H20N4OS.C22H21N3OS2.C21H19N3OS2/c1-14-6-8-16(9-7-14)19-12-17-18(11-15-5-4-10-23-13-15)24-25-20(21(17)28-19)22(27)26(2)3;1-14-6-8-16(9-7-14)19-12-17-18(11-15-5-4-10-27-13-15)23-24-20(21(17)28-19)22(26)25(2)3;1-13-5-7-15(8-6-13)18-11-16-17(10-14-4-3-9-26-12-14)23-24-19(20(16)27-18)21(25)22-2/h4-10,12-13H,11H2,1-3H3;4,6-10,12-13H,5,11H2,1-3H3;3-8,11-12H,9-10H2,1-2H3,(H,22,25). The first-order valence-corrected chi connectivity index (χ1v) is 31.2. The SMILES string of the molecule is CNC(=O)c1nnc(CC2=CSCC=C2)c2cc(-c3ccc(C)cc3)sc12.Cc1ccc(-c2cc3c(CC4=CSC=CC4)nnc(C(=O)N(C)C)c3s2)cc1.Cc1ccc(-c2cc3c(Cc4cccnc4)nnc(C(=O)N(C)C)c3s2)cc1. The molecule has 18 heteroatoms. The van der Waals surface area contributed by atoms with Crippen molar-refractivity contribution in [3.8, 4) is 31.3 Å². The number of nitrogens with one attached hydrogen (secondary N) is 1. The normalized spacial score (nSPS) is 12.7. The maximum absolute atomic E-state index is 12.7. The van der Waals surface area contributed by atoms with Crippen LogP contribution in [0.2, 0.25) is 0 Å². The second-order valence-corrected chi connectivity index (χ2v) is 25.3. The quantitative estimate of drug-likeness (QED) is 0.124. The van der Waals surface area contributed by atoms with E-state index in [-0.39, 0.29) is 17.7 Å². The van der Waals surface area contributed by atoms with Gasteiger partial charge in [-0.1, -0.05) is 119 Å². The molecule has 9 heterocycles. The third-order valence-electron chi connectivity index (χ3n) is 13.7. The highest BCUT2D eigenvalue weighted by molar-refractivity contribution is 8.05. The van der Waals surface area contributed by atoms with E-state index in [1.54, 1.807) is 104 Å². The number of carbonyl (C=O) groups is 3. The number of aromatic nitrogens is 7. The minimum Gasteiger partial charge on any atom is -0.354 e. The van der Waals surface area contributed by atoms with Crippen LogP contribution in [-0.2, 0) is 19.3 Å². The van der Waals surface area contributed by atoms with Crippen molar-refractivity contribution < 1.29 is 14.4 Å². The minimum atomic E-state index is -0.205. The average Bonchev–Trinajstić information content (AvgIpc) is 4.50. The summed E-state index contributed by atoms with van der Waals surface area (Å²) < 4.78 is 2.69. The summed E-state index contributed by atoms with van der Waals surface area (Å²) in [5, 5.41) is 38.3. The van der Waals surface area contributed by atoms with E-state index in [0.717, 1.165) is 103 Å². The molecule has 0 aliphatic carbocycles.